The lowest BCUT2D eigenvalue weighted by Gasteiger charge is -2.11. The molecule has 0 saturated carbocycles. The number of halogens is 2. The molecule has 2 aromatic carbocycles. The highest BCUT2D eigenvalue weighted by atomic mass is 79.9. The van der Waals surface area contributed by atoms with Gasteiger partial charge in [0.2, 0.25) is 0 Å². The number of anilines is 1. The average molecular weight is 345 g/mol. The molecule has 1 heterocycles. The summed E-state index contributed by atoms with van der Waals surface area (Å²) < 4.78 is 14.1. The lowest BCUT2D eigenvalue weighted by Crippen LogP contribution is -2.02. The molecule has 0 fully saturated rings. The SMILES string of the molecule is Cc1cc(Br)c(F)cc1NCc1ccc2cnccc2c1. The normalized spacial score (nSPS) is 10.8. The first kappa shape index (κ1) is 14.0. The Hall–Kier alpha value is -1.94. The van der Waals surface area contributed by atoms with Crippen LogP contribution < -0.4 is 5.32 Å². The fraction of sp³-hybridized carbons (Fsp3) is 0.118. The van der Waals surface area contributed by atoms with Crippen molar-refractivity contribution in [3.05, 3.63) is 70.2 Å². The fourth-order valence-electron chi connectivity index (χ4n) is 2.28. The molecule has 1 N–H and O–H groups in total. The van der Waals surface area contributed by atoms with Crippen LogP contribution in [-0.4, -0.2) is 4.98 Å². The first-order valence-electron chi connectivity index (χ1n) is 6.65. The van der Waals surface area contributed by atoms with Crippen molar-refractivity contribution in [3.8, 4) is 0 Å². The Kier molecular flexibility index (Phi) is 3.88. The van der Waals surface area contributed by atoms with Crippen LogP contribution in [0.2, 0.25) is 0 Å². The van der Waals surface area contributed by atoms with Crippen molar-refractivity contribution < 1.29 is 4.39 Å². The number of pyridine rings is 1. The van der Waals surface area contributed by atoms with Crippen molar-refractivity contribution in [1.29, 1.82) is 0 Å². The number of hydrogen-bond acceptors (Lipinski definition) is 2. The third-order valence-corrected chi connectivity index (χ3v) is 4.06. The number of rotatable bonds is 3. The van der Waals surface area contributed by atoms with E-state index in [-0.39, 0.29) is 5.82 Å². The topological polar surface area (TPSA) is 24.9 Å². The second kappa shape index (κ2) is 5.82. The van der Waals surface area contributed by atoms with Crippen molar-refractivity contribution in [2.75, 3.05) is 5.32 Å². The molecule has 0 saturated heterocycles. The van der Waals surface area contributed by atoms with Gasteiger partial charge in [-0.2, -0.15) is 0 Å². The van der Waals surface area contributed by atoms with E-state index in [2.05, 4.69) is 38.4 Å². The molecular formula is C17H14BrFN2. The van der Waals surface area contributed by atoms with Gasteiger partial charge >= 0.3 is 0 Å². The molecule has 2 nitrogen and oxygen atoms in total. The molecule has 3 aromatic rings. The summed E-state index contributed by atoms with van der Waals surface area (Å²) in [4.78, 5) is 4.10. The molecule has 0 aliphatic heterocycles. The minimum atomic E-state index is -0.257. The van der Waals surface area contributed by atoms with Gasteiger partial charge in [0.1, 0.15) is 5.82 Å². The Morgan fingerprint density at radius 3 is 2.86 bits per heavy atom. The molecule has 0 radical (unpaired) electrons. The number of aryl methyl sites for hydroxylation is 1. The maximum Gasteiger partial charge on any atom is 0.139 e. The van der Waals surface area contributed by atoms with Crippen LogP contribution in [0.5, 0.6) is 0 Å². The fourth-order valence-corrected chi connectivity index (χ4v) is 2.73. The first-order valence-corrected chi connectivity index (χ1v) is 7.45. The maximum atomic E-state index is 13.6. The molecule has 0 unspecified atom stereocenters. The number of fused-ring (bicyclic) bond motifs is 1. The standard InChI is InChI=1S/C17H14BrFN2/c1-11-6-15(18)16(19)8-17(11)21-9-12-2-3-14-10-20-5-4-13(14)7-12/h2-8,10,21H,9H2,1H3. The van der Waals surface area contributed by atoms with Crippen LogP contribution in [-0.2, 0) is 6.54 Å². The first-order chi connectivity index (χ1) is 10.1. The summed E-state index contributed by atoms with van der Waals surface area (Å²) in [6, 6.07) is 11.5. The van der Waals surface area contributed by atoms with Gasteiger partial charge in [0.15, 0.2) is 0 Å². The Balaban J connectivity index is 1.81. The van der Waals surface area contributed by atoms with E-state index in [4.69, 9.17) is 0 Å². The molecule has 106 valence electrons. The van der Waals surface area contributed by atoms with Crippen molar-refractivity contribution in [2.24, 2.45) is 0 Å². The predicted molar refractivity (Wildman–Crippen MR) is 87.9 cm³/mol. The molecule has 1 aromatic heterocycles. The van der Waals surface area contributed by atoms with E-state index < -0.39 is 0 Å². The van der Waals surface area contributed by atoms with Crippen LogP contribution in [0.3, 0.4) is 0 Å². The molecule has 21 heavy (non-hydrogen) atoms. The zero-order chi connectivity index (χ0) is 14.8. The molecule has 0 amide bonds. The minimum Gasteiger partial charge on any atom is -0.381 e. The average Bonchev–Trinajstić information content (AvgIpc) is 2.49. The van der Waals surface area contributed by atoms with Gasteiger partial charge in [0.25, 0.3) is 0 Å². The van der Waals surface area contributed by atoms with Crippen LogP contribution in [0, 0.1) is 12.7 Å². The van der Waals surface area contributed by atoms with Crippen LogP contribution in [0.4, 0.5) is 10.1 Å². The lowest BCUT2D eigenvalue weighted by molar-refractivity contribution is 0.621. The molecule has 0 atom stereocenters. The molecule has 3 rings (SSSR count). The molecular weight excluding hydrogens is 331 g/mol. The second-order valence-corrected chi connectivity index (χ2v) is 5.85. The zero-order valence-electron chi connectivity index (χ0n) is 11.5. The van der Waals surface area contributed by atoms with Gasteiger partial charge in [-0.25, -0.2) is 4.39 Å². The van der Waals surface area contributed by atoms with Crippen molar-refractivity contribution in [2.45, 2.75) is 13.5 Å². The van der Waals surface area contributed by atoms with Crippen molar-refractivity contribution in [3.63, 3.8) is 0 Å². The minimum absolute atomic E-state index is 0.257. The van der Waals surface area contributed by atoms with E-state index in [1.54, 1.807) is 12.3 Å². The van der Waals surface area contributed by atoms with Gasteiger partial charge in [-0.05, 0) is 63.6 Å². The smallest absolute Gasteiger partial charge is 0.139 e. The van der Waals surface area contributed by atoms with E-state index in [0.29, 0.717) is 11.0 Å². The second-order valence-electron chi connectivity index (χ2n) is 4.99. The highest BCUT2D eigenvalue weighted by Crippen LogP contribution is 2.24. The number of nitrogens with zero attached hydrogens (tertiary/aromatic N) is 1. The molecule has 0 spiro atoms. The Morgan fingerprint density at radius 2 is 2.00 bits per heavy atom. The summed E-state index contributed by atoms with van der Waals surface area (Å²) in [5, 5.41) is 5.56. The van der Waals surface area contributed by atoms with Crippen molar-refractivity contribution >= 4 is 32.4 Å². The lowest BCUT2D eigenvalue weighted by atomic mass is 10.1. The summed E-state index contributed by atoms with van der Waals surface area (Å²) in [6.45, 7) is 2.61. The number of aromatic nitrogens is 1. The van der Waals surface area contributed by atoms with Gasteiger partial charge in [-0.1, -0.05) is 12.1 Å². The van der Waals surface area contributed by atoms with E-state index in [0.717, 1.165) is 27.6 Å². The maximum absolute atomic E-state index is 13.6. The van der Waals surface area contributed by atoms with Gasteiger partial charge in [0, 0.05) is 30.0 Å². The van der Waals surface area contributed by atoms with Crippen LogP contribution in [0.1, 0.15) is 11.1 Å². The largest absolute Gasteiger partial charge is 0.381 e. The summed E-state index contributed by atoms with van der Waals surface area (Å²) in [7, 11) is 0. The van der Waals surface area contributed by atoms with Gasteiger partial charge in [0.05, 0.1) is 4.47 Å². The van der Waals surface area contributed by atoms with Gasteiger partial charge in [-0.3, -0.25) is 4.98 Å². The van der Waals surface area contributed by atoms with E-state index in [1.807, 2.05) is 25.3 Å². The van der Waals surface area contributed by atoms with E-state index in [9.17, 15) is 4.39 Å². The summed E-state index contributed by atoms with van der Waals surface area (Å²) in [6.07, 6.45) is 3.63. The van der Waals surface area contributed by atoms with E-state index in [1.165, 1.54) is 6.07 Å². The third-order valence-electron chi connectivity index (χ3n) is 3.46. The Morgan fingerprint density at radius 1 is 1.14 bits per heavy atom. The number of benzene rings is 2. The predicted octanol–water partition coefficient (Wildman–Crippen LogP) is 5.06. The highest BCUT2D eigenvalue weighted by molar-refractivity contribution is 9.10. The highest BCUT2D eigenvalue weighted by Gasteiger charge is 2.05. The molecule has 0 bridgehead atoms. The Bertz CT molecular complexity index is 802. The zero-order valence-corrected chi connectivity index (χ0v) is 13.1. The number of hydrogen-bond donors (Lipinski definition) is 1. The van der Waals surface area contributed by atoms with Crippen LogP contribution in [0.25, 0.3) is 10.8 Å². The van der Waals surface area contributed by atoms with E-state index >= 15 is 0 Å². The van der Waals surface area contributed by atoms with Crippen LogP contribution in [0.15, 0.2) is 53.3 Å². The number of nitrogens with one attached hydrogen (secondary N) is 1. The monoisotopic (exact) mass is 344 g/mol. The summed E-state index contributed by atoms with van der Waals surface area (Å²) in [5.74, 6) is -0.257. The molecule has 0 aliphatic carbocycles. The quantitative estimate of drug-likeness (QED) is 0.718. The summed E-state index contributed by atoms with van der Waals surface area (Å²) in [5.41, 5.74) is 2.97. The Labute approximate surface area is 131 Å². The van der Waals surface area contributed by atoms with Gasteiger partial charge < -0.3 is 5.32 Å². The van der Waals surface area contributed by atoms with Crippen molar-refractivity contribution in [1.82, 2.24) is 4.98 Å². The third kappa shape index (κ3) is 3.05. The van der Waals surface area contributed by atoms with Gasteiger partial charge in [-0.15, -0.1) is 0 Å². The molecule has 4 heteroatoms. The summed E-state index contributed by atoms with van der Waals surface area (Å²) >= 11 is 3.19. The molecule has 0 aliphatic rings. The van der Waals surface area contributed by atoms with Crippen LogP contribution >= 0.6 is 15.9 Å².